The van der Waals surface area contributed by atoms with E-state index < -0.39 is 6.10 Å². The number of ether oxygens (including phenoxy) is 2. The van der Waals surface area contributed by atoms with Gasteiger partial charge < -0.3 is 26.0 Å². The second-order valence-electron chi connectivity index (χ2n) is 4.91. The summed E-state index contributed by atoms with van der Waals surface area (Å²) in [5, 5.41) is 9.89. The molecule has 1 aromatic carbocycles. The summed E-state index contributed by atoms with van der Waals surface area (Å²) in [5.41, 5.74) is 13.6. The summed E-state index contributed by atoms with van der Waals surface area (Å²) in [4.78, 5) is 7.89. The first kappa shape index (κ1) is 15.8. The predicted octanol–water partition coefficient (Wildman–Crippen LogP) is 1.30. The van der Waals surface area contributed by atoms with Gasteiger partial charge in [-0.25, -0.2) is 4.98 Å². The van der Waals surface area contributed by atoms with Crippen molar-refractivity contribution in [2.45, 2.75) is 19.4 Å². The summed E-state index contributed by atoms with van der Waals surface area (Å²) in [6.07, 6.45) is 1.39. The maximum absolute atomic E-state index is 9.89. The van der Waals surface area contributed by atoms with Crippen LogP contribution in [0.15, 0.2) is 18.3 Å². The molecule has 7 heteroatoms. The Morgan fingerprint density at radius 1 is 1.18 bits per heavy atom. The monoisotopic (exact) mass is 304 g/mol. The van der Waals surface area contributed by atoms with E-state index in [1.165, 1.54) is 0 Å². The Balaban J connectivity index is 2.43. The minimum Gasteiger partial charge on any atom is -0.496 e. The number of benzene rings is 1. The summed E-state index contributed by atoms with van der Waals surface area (Å²) in [6, 6.07) is 3.67. The number of nitrogen functional groups attached to an aromatic ring is 2. The number of nitrogens with two attached hydrogens (primary N) is 2. The van der Waals surface area contributed by atoms with E-state index in [0.29, 0.717) is 29.3 Å². The molecule has 0 saturated carbocycles. The molecule has 0 aliphatic rings. The van der Waals surface area contributed by atoms with Crippen LogP contribution in [0.1, 0.15) is 29.7 Å². The predicted molar refractivity (Wildman–Crippen MR) is 83.8 cm³/mol. The molecule has 1 aromatic heterocycles. The number of hydrogen-bond acceptors (Lipinski definition) is 7. The smallest absolute Gasteiger partial charge is 0.221 e. The van der Waals surface area contributed by atoms with E-state index in [-0.39, 0.29) is 5.95 Å². The zero-order valence-corrected chi connectivity index (χ0v) is 12.8. The zero-order chi connectivity index (χ0) is 16.3. The summed E-state index contributed by atoms with van der Waals surface area (Å²) >= 11 is 0. The van der Waals surface area contributed by atoms with Crippen LogP contribution in [0.2, 0.25) is 0 Å². The van der Waals surface area contributed by atoms with Crippen LogP contribution in [0, 0.1) is 0 Å². The van der Waals surface area contributed by atoms with Gasteiger partial charge in [-0.2, -0.15) is 4.98 Å². The van der Waals surface area contributed by atoms with Crippen LogP contribution in [-0.4, -0.2) is 29.3 Å². The van der Waals surface area contributed by atoms with E-state index in [9.17, 15) is 5.11 Å². The molecule has 0 amide bonds. The number of methoxy groups -OCH3 is 2. The van der Waals surface area contributed by atoms with E-state index in [2.05, 4.69) is 9.97 Å². The second kappa shape index (κ2) is 6.48. The number of aliphatic hydroxyl groups is 1. The van der Waals surface area contributed by atoms with Crippen LogP contribution in [0.25, 0.3) is 0 Å². The van der Waals surface area contributed by atoms with Gasteiger partial charge in [0.2, 0.25) is 5.95 Å². The van der Waals surface area contributed by atoms with Gasteiger partial charge >= 0.3 is 0 Å². The first-order valence-electron chi connectivity index (χ1n) is 6.76. The van der Waals surface area contributed by atoms with Crippen molar-refractivity contribution in [2.75, 3.05) is 25.7 Å². The van der Waals surface area contributed by atoms with Crippen molar-refractivity contribution in [3.63, 3.8) is 0 Å². The van der Waals surface area contributed by atoms with E-state index in [0.717, 1.165) is 11.1 Å². The Bertz CT molecular complexity index is 649. The molecule has 0 radical (unpaired) electrons. The summed E-state index contributed by atoms with van der Waals surface area (Å²) < 4.78 is 10.7. The molecule has 0 spiro atoms. The Labute approximate surface area is 128 Å². The number of anilines is 2. The quantitative estimate of drug-likeness (QED) is 0.762. The fourth-order valence-corrected chi connectivity index (χ4v) is 2.30. The van der Waals surface area contributed by atoms with Crippen LogP contribution in [0.4, 0.5) is 11.8 Å². The molecule has 0 aliphatic carbocycles. The molecule has 22 heavy (non-hydrogen) atoms. The molecular weight excluding hydrogens is 284 g/mol. The lowest BCUT2D eigenvalue weighted by Crippen LogP contribution is -2.05. The summed E-state index contributed by atoms with van der Waals surface area (Å²) in [6.45, 7) is 1.66. The van der Waals surface area contributed by atoms with Gasteiger partial charge in [-0.1, -0.05) is 0 Å². The molecule has 118 valence electrons. The van der Waals surface area contributed by atoms with Gasteiger partial charge in [-0.05, 0) is 24.6 Å². The molecule has 1 heterocycles. The second-order valence-corrected chi connectivity index (χ2v) is 4.91. The number of aliphatic hydroxyl groups excluding tert-OH is 1. The average Bonchev–Trinajstić information content (AvgIpc) is 2.48. The van der Waals surface area contributed by atoms with Gasteiger partial charge in [0, 0.05) is 18.2 Å². The van der Waals surface area contributed by atoms with Crippen LogP contribution >= 0.6 is 0 Å². The molecule has 0 saturated heterocycles. The minimum absolute atomic E-state index is 0.140. The molecule has 0 fully saturated rings. The molecule has 7 nitrogen and oxygen atoms in total. The van der Waals surface area contributed by atoms with E-state index >= 15 is 0 Å². The molecule has 1 unspecified atom stereocenters. The maximum atomic E-state index is 9.89. The number of rotatable bonds is 5. The Morgan fingerprint density at radius 3 is 2.23 bits per heavy atom. The average molecular weight is 304 g/mol. The molecule has 0 aliphatic heterocycles. The lowest BCUT2D eigenvalue weighted by molar-refractivity contribution is 0.189. The van der Waals surface area contributed by atoms with Gasteiger partial charge in [0.25, 0.3) is 0 Å². The van der Waals surface area contributed by atoms with Gasteiger partial charge in [0.05, 0.1) is 25.9 Å². The third-order valence-corrected chi connectivity index (χ3v) is 3.33. The maximum Gasteiger partial charge on any atom is 0.221 e. The zero-order valence-electron chi connectivity index (χ0n) is 12.8. The number of nitrogens with zero attached hydrogens (tertiary/aromatic N) is 2. The third kappa shape index (κ3) is 3.20. The molecule has 2 aromatic rings. The largest absolute Gasteiger partial charge is 0.496 e. The Hall–Kier alpha value is -2.54. The normalized spacial score (nSPS) is 12.0. The fourth-order valence-electron chi connectivity index (χ4n) is 2.30. The van der Waals surface area contributed by atoms with Crippen molar-refractivity contribution in [1.82, 2.24) is 9.97 Å². The van der Waals surface area contributed by atoms with Crippen LogP contribution in [0.3, 0.4) is 0 Å². The standard InChI is InChI=1S/C15H20N4O3/c1-8(20)13-11(21-2)5-9(6-12(13)22-3)4-10-7-18-15(17)19-14(10)16/h5-8,20H,4H2,1-3H3,(H4,16,17,18,19). The molecule has 0 bridgehead atoms. The van der Waals surface area contributed by atoms with E-state index in [1.807, 2.05) is 12.1 Å². The summed E-state index contributed by atoms with van der Waals surface area (Å²) in [7, 11) is 3.09. The van der Waals surface area contributed by atoms with Crippen molar-refractivity contribution in [3.05, 3.63) is 35.0 Å². The van der Waals surface area contributed by atoms with Crippen molar-refractivity contribution in [1.29, 1.82) is 0 Å². The fraction of sp³-hybridized carbons (Fsp3) is 0.333. The van der Waals surface area contributed by atoms with Crippen molar-refractivity contribution in [3.8, 4) is 11.5 Å². The van der Waals surface area contributed by atoms with Gasteiger partial charge in [-0.15, -0.1) is 0 Å². The first-order chi connectivity index (χ1) is 10.5. The molecule has 2 rings (SSSR count). The highest BCUT2D eigenvalue weighted by Crippen LogP contribution is 2.36. The lowest BCUT2D eigenvalue weighted by Gasteiger charge is -2.17. The highest BCUT2D eigenvalue weighted by Gasteiger charge is 2.17. The van der Waals surface area contributed by atoms with Crippen LogP contribution < -0.4 is 20.9 Å². The summed E-state index contributed by atoms with van der Waals surface area (Å²) in [5.74, 6) is 1.59. The van der Waals surface area contributed by atoms with Gasteiger partial charge in [0.15, 0.2) is 0 Å². The topological polar surface area (TPSA) is 117 Å². The third-order valence-electron chi connectivity index (χ3n) is 3.33. The van der Waals surface area contributed by atoms with E-state index in [1.54, 1.807) is 27.3 Å². The van der Waals surface area contributed by atoms with Crippen molar-refractivity contribution >= 4 is 11.8 Å². The SMILES string of the molecule is COc1cc(Cc2cnc(N)nc2N)cc(OC)c1C(C)O. The highest BCUT2D eigenvalue weighted by atomic mass is 16.5. The lowest BCUT2D eigenvalue weighted by atomic mass is 10.0. The molecule has 5 N–H and O–H groups in total. The highest BCUT2D eigenvalue weighted by molar-refractivity contribution is 5.52. The number of hydrogen-bond donors (Lipinski definition) is 3. The van der Waals surface area contributed by atoms with Gasteiger partial charge in [-0.3, -0.25) is 0 Å². The molecule has 1 atom stereocenters. The van der Waals surface area contributed by atoms with Crippen LogP contribution in [0.5, 0.6) is 11.5 Å². The van der Waals surface area contributed by atoms with Crippen LogP contribution in [-0.2, 0) is 6.42 Å². The van der Waals surface area contributed by atoms with Crippen molar-refractivity contribution in [2.24, 2.45) is 0 Å². The Kier molecular flexibility index (Phi) is 4.67. The van der Waals surface area contributed by atoms with E-state index in [4.69, 9.17) is 20.9 Å². The Morgan fingerprint density at radius 2 is 1.77 bits per heavy atom. The molecular formula is C15H20N4O3. The number of aromatic nitrogens is 2. The van der Waals surface area contributed by atoms with Gasteiger partial charge in [0.1, 0.15) is 17.3 Å². The minimum atomic E-state index is -0.705. The van der Waals surface area contributed by atoms with Crippen molar-refractivity contribution < 1.29 is 14.6 Å². The first-order valence-corrected chi connectivity index (χ1v) is 6.76.